The summed E-state index contributed by atoms with van der Waals surface area (Å²) in [6.07, 6.45) is 1.19. The SMILES string of the molecule is CCCN(CCN)Cc1ccc(C)cc1C. The first kappa shape index (κ1) is 13.2. The molecule has 0 bridgehead atoms. The highest BCUT2D eigenvalue weighted by Gasteiger charge is 2.05. The molecule has 0 saturated heterocycles. The van der Waals surface area contributed by atoms with Crippen LogP contribution in [-0.2, 0) is 6.54 Å². The molecule has 0 atom stereocenters. The molecule has 0 radical (unpaired) electrons. The molecule has 0 heterocycles. The summed E-state index contributed by atoms with van der Waals surface area (Å²) in [7, 11) is 0. The van der Waals surface area contributed by atoms with Crippen molar-refractivity contribution in [1.29, 1.82) is 0 Å². The van der Waals surface area contributed by atoms with Crippen LogP contribution in [0, 0.1) is 13.8 Å². The van der Waals surface area contributed by atoms with E-state index in [9.17, 15) is 0 Å². The van der Waals surface area contributed by atoms with Crippen LogP contribution < -0.4 is 5.73 Å². The molecular weight excluding hydrogens is 196 g/mol. The molecule has 0 aliphatic rings. The van der Waals surface area contributed by atoms with Crippen molar-refractivity contribution in [3.8, 4) is 0 Å². The number of hydrogen-bond donors (Lipinski definition) is 1. The smallest absolute Gasteiger partial charge is 0.0236 e. The molecule has 1 aromatic rings. The molecular formula is C14H24N2. The molecule has 0 aliphatic heterocycles. The van der Waals surface area contributed by atoms with Gasteiger partial charge in [-0.1, -0.05) is 30.7 Å². The van der Waals surface area contributed by atoms with Gasteiger partial charge in [-0.2, -0.15) is 0 Å². The molecule has 2 nitrogen and oxygen atoms in total. The Kier molecular flexibility index (Phi) is 5.50. The fourth-order valence-corrected chi connectivity index (χ4v) is 2.03. The van der Waals surface area contributed by atoms with Crippen LogP contribution in [0.4, 0.5) is 0 Å². The number of nitrogens with two attached hydrogens (primary N) is 1. The summed E-state index contributed by atoms with van der Waals surface area (Å²) < 4.78 is 0. The summed E-state index contributed by atoms with van der Waals surface area (Å²) in [5, 5.41) is 0. The van der Waals surface area contributed by atoms with Gasteiger partial charge in [-0.3, -0.25) is 4.90 Å². The van der Waals surface area contributed by atoms with E-state index >= 15 is 0 Å². The van der Waals surface area contributed by atoms with Gasteiger partial charge in [0.15, 0.2) is 0 Å². The Morgan fingerprint density at radius 2 is 1.94 bits per heavy atom. The Morgan fingerprint density at radius 3 is 2.50 bits per heavy atom. The van der Waals surface area contributed by atoms with Crippen molar-refractivity contribution in [3.63, 3.8) is 0 Å². The van der Waals surface area contributed by atoms with Crippen molar-refractivity contribution >= 4 is 0 Å². The first-order valence-corrected chi connectivity index (χ1v) is 6.16. The highest BCUT2D eigenvalue weighted by Crippen LogP contribution is 2.13. The standard InChI is InChI=1S/C14H24N2/c1-4-8-16(9-7-15)11-14-6-5-12(2)10-13(14)3/h5-6,10H,4,7-9,11,15H2,1-3H3. The first-order chi connectivity index (χ1) is 7.67. The van der Waals surface area contributed by atoms with E-state index in [1.54, 1.807) is 0 Å². The van der Waals surface area contributed by atoms with Crippen LogP contribution in [-0.4, -0.2) is 24.5 Å². The lowest BCUT2D eigenvalue weighted by molar-refractivity contribution is 0.273. The zero-order valence-corrected chi connectivity index (χ0v) is 10.8. The summed E-state index contributed by atoms with van der Waals surface area (Å²) in [4.78, 5) is 2.43. The lowest BCUT2D eigenvalue weighted by atomic mass is 10.1. The van der Waals surface area contributed by atoms with Crippen molar-refractivity contribution in [1.82, 2.24) is 4.90 Å². The van der Waals surface area contributed by atoms with E-state index in [-0.39, 0.29) is 0 Å². The predicted molar refractivity (Wildman–Crippen MR) is 70.5 cm³/mol. The second-order valence-corrected chi connectivity index (χ2v) is 4.49. The van der Waals surface area contributed by atoms with Crippen molar-refractivity contribution in [2.75, 3.05) is 19.6 Å². The Labute approximate surface area is 99.5 Å². The van der Waals surface area contributed by atoms with Crippen molar-refractivity contribution in [2.24, 2.45) is 5.73 Å². The van der Waals surface area contributed by atoms with Gasteiger partial charge in [0.1, 0.15) is 0 Å². The maximum atomic E-state index is 5.63. The van der Waals surface area contributed by atoms with Gasteiger partial charge >= 0.3 is 0 Å². The normalized spacial score (nSPS) is 11.1. The molecule has 16 heavy (non-hydrogen) atoms. The maximum absolute atomic E-state index is 5.63. The van der Waals surface area contributed by atoms with E-state index in [1.165, 1.54) is 23.1 Å². The molecule has 0 aromatic heterocycles. The average Bonchev–Trinajstić information content (AvgIpc) is 2.23. The number of rotatable bonds is 6. The fourth-order valence-electron chi connectivity index (χ4n) is 2.03. The second-order valence-electron chi connectivity index (χ2n) is 4.49. The highest BCUT2D eigenvalue weighted by molar-refractivity contribution is 5.30. The lowest BCUT2D eigenvalue weighted by Gasteiger charge is -2.22. The third-order valence-electron chi connectivity index (χ3n) is 2.88. The van der Waals surface area contributed by atoms with Gasteiger partial charge in [0.25, 0.3) is 0 Å². The van der Waals surface area contributed by atoms with Crippen LogP contribution >= 0.6 is 0 Å². The largest absolute Gasteiger partial charge is 0.329 e. The van der Waals surface area contributed by atoms with Crippen molar-refractivity contribution in [3.05, 3.63) is 34.9 Å². The van der Waals surface area contributed by atoms with E-state index in [0.717, 1.165) is 26.2 Å². The molecule has 0 spiro atoms. The molecule has 0 aliphatic carbocycles. The monoisotopic (exact) mass is 220 g/mol. The third-order valence-corrected chi connectivity index (χ3v) is 2.88. The minimum atomic E-state index is 0.741. The van der Waals surface area contributed by atoms with Crippen LogP contribution in [0.15, 0.2) is 18.2 Å². The minimum Gasteiger partial charge on any atom is -0.329 e. The predicted octanol–water partition coefficient (Wildman–Crippen LogP) is 2.47. The first-order valence-electron chi connectivity index (χ1n) is 6.16. The topological polar surface area (TPSA) is 29.3 Å². The van der Waals surface area contributed by atoms with Gasteiger partial charge in [-0.15, -0.1) is 0 Å². The van der Waals surface area contributed by atoms with Crippen LogP contribution in [0.3, 0.4) is 0 Å². The average molecular weight is 220 g/mol. The highest BCUT2D eigenvalue weighted by atomic mass is 15.1. The second kappa shape index (κ2) is 6.66. The molecule has 0 fully saturated rings. The van der Waals surface area contributed by atoms with Crippen molar-refractivity contribution < 1.29 is 0 Å². The van der Waals surface area contributed by atoms with E-state index in [0.29, 0.717) is 0 Å². The van der Waals surface area contributed by atoms with Gasteiger partial charge in [-0.05, 0) is 37.9 Å². The quantitative estimate of drug-likeness (QED) is 0.798. The molecule has 0 saturated carbocycles. The van der Waals surface area contributed by atoms with Gasteiger partial charge in [0, 0.05) is 19.6 Å². The minimum absolute atomic E-state index is 0.741. The zero-order valence-electron chi connectivity index (χ0n) is 10.8. The Bertz CT molecular complexity index is 315. The molecule has 0 amide bonds. The number of benzene rings is 1. The van der Waals surface area contributed by atoms with E-state index in [4.69, 9.17) is 5.73 Å². The Morgan fingerprint density at radius 1 is 1.19 bits per heavy atom. The van der Waals surface area contributed by atoms with Gasteiger partial charge in [-0.25, -0.2) is 0 Å². The number of aryl methyl sites for hydroxylation is 2. The summed E-state index contributed by atoms with van der Waals surface area (Å²) >= 11 is 0. The summed E-state index contributed by atoms with van der Waals surface area (Å²) in [5.74, 6) is 0. The fraction of sp³-hybridized carbons (Fsp3) is 0.571. The van der Waals surface area contributed by atoms with Crippen LogP contribution in [0.5, 0.6) is 0 Å². The van der Waals surface area contributed by atoms with Crippen LogP contribution in [0.2, 0.25) is 0 Å². The summed E-state index contributed by atoms with van der Waals surface area (Å²) in [6, 6.07) is 6.68. The third kappa shape index (κ3) is 3.95. The molecule has 1 aromatic carbocycles. The maximum Gasteiger partial charge on any atom is 0.0236 e. The van der Waals surface area contributed by atoms with Crippen molar-refractivity contribution in [2.45, 2.75) is 33.7 Å². The van der Waals surface area contributed by atoms with Gasteiger partial charge < -0.3 is 5.73 Å². The Balaban J connectivity index is 2.68. The molecule has 1 rings (SSSR count). The molecule has 2 heteroatoms. The van der Waals surface area contributed by atoms with E-state index < -0.39 is 0 Å². The summed E-state index contributed by atoms with van der Waals surface area (Å²) in [6.45, 7) is 10.4. The van der Waals surface area contributed by atoms with E-state index in [1.807, 2.05) is 0 Å². The lowest BCUT2D eigenvalue weighted by Crippen LogP contribution is -2.30. The van der Waals surface area contributed by atoms with Crippen LogP contribution in [0.25, 0.3) is 0 Å². The summed E-state index contributed by atoms with van der Waals surface area (Å²) in [5.41, 5.74) is 9.78. The number of nitrogens with zero attached hydrogens (tertiary/aromatic N) is 1. The Hall–Kier alpha value is -0.860. The van der Waals surface area contributed by atoms with Gasteiger partial charge in [0.2, 0.25) is 0 Å². The van der Waals surface area contributed by atoms with Gasteiger partial charge in [0.05, 0.1) is 0 Å². The van der Waals surface area contributed by atoms with E-state index in [2.05, 4.69) is 43.9 Å². The molecule has 90 valence electrons. The molecule has 2 N–H and O–H groups in total. The molecule has 0 unspecified atom stereocenters. The zero-order chi connectivity index (χ0) is 12.0. The number of hydrogen-bond acceptors (Lipinski definition) is 2. The van der Waals surface area contributed by atoms with Crippen LogP contribution in [0.1, 0.15) is 30.0 Å².